The van der Waals surface area contributed by atoms with Crippen LogP contribution in [0.1, 0.15) is 39.5 Å². The number of hydrogen-bond donors (Lipinski definition) is 1. The lowest BCUT2D eigenvalue weighted by Crippen LogP contribution is -2.32. The van der Waals surface area contributed by atoms with E-state index >= 15 is 0 Å². The van der Waals surface area contributed by atoms with E-state index in [1.165, 1.54) is 0 Å². The van der Waals surface area contributed by atoms with E-state index in [0.717, 1.165) is 25.7 Å². The molecule has 0 aromatic heterocycles. The van der Waals surface area contributed by atoms with Gasteiger partial charge >= 0.3 is 5.97 Å². The number of carbonyl (C=O) groups excluding carboxylic acids is 1. The summed E-state index contributed by atoms with van der Waals surface area (Å²) in [6.45, 7) is 3.72. The quantitative estimate of drug-likeness (QED) is 0.662. The fraction of sp³-hybridized carbons (Fsp3) is 0.900. The summed E-state index contributed by atoms with van der Waals surface area (Å²) in [5, 5.41) is 0. The molecule has 0 unspecified atom stereocenters. The molecule has 0 spiro atoms. The van der Waals surface area contributed by atoms with Gasteiger partial charge in [0.25, 0.3) is 0 Å². The molecule has 0 heterocycles. The Labute approximate surface area is 79.6 Å². The Morgan fingerprint density at radius 3 is 2.31 bits per heavy atom. The van der Waals surface area contributed by atoms with E-state index in [9.17, 15) is 4.79 Å². The maximum Gasteiger partial charge on any atom is 0.308 e. The summed E-state index contributed by atoms with van der Waals surface area (Å²) in [5.74, 6) is -0.101. The largest absolute Gasteiger partial charge is 0.462 e. The molecule has 0 aromatic carbocycles. The van der Waals surface area contributed by atoms with Crippen molar-refractivity contribution in [2.45, 2.75) is 51.7 Å². The van der Waals surface area contributed by atoms with Crippen LogP contribution in [0.5, 0.6) is 0 Å². The first-order valence-electron chi connectivity index (χ1n) is 5.05. The van der Waals surface area contributed by atoms with Crippen molar-refractivity contribution in [2.24, 2.45) is 11.7 Å². The smallest absolute Gasteiger partial charge is 0.308 e. The lowest BCUT2D eigenvalue weighted by Gasteiger charge is -2.26. The first-order chi connectivity index (χ1) is 6.09. The number of carbonyl (C=O) groups is 1. The average Bonchev–Trinajstić information content (AvgIpc) is 2.08. The van der Waals surface area contributed by atoms with Gasteiger partial charge in [0.15, 0.2) is 0 Å². The number of esters is 1. The molecule has 3 heteroatoms. The number of rotatable bonds is 2. The SMILES string of the molecule is CC(C)C(=O)OC1CCC(N)CC1. The van der Waals surface area contributed by atoms with Gasteiger partial charge in [-0.15, -0.1) is 0 Å². The van der Waals surface area contributed by atoms with Gasteiger partial charge in [-0.05, 0) is 25.7 Å². The van der Waals surface area contributed by atoms with Crippen LogP contribution in [0.4, 0.5) is 0 Å². The zero-order valence-corrected chi connectivity index (χ0v) is 8.45. The monoisotopic (exact) mass is 185 g/mol. The molecule has 0 bridgehead atoms. The second-order valence-corrected chi connectivity index (χ2v) is 4.13. The molecule has 1 rings (SSSR count). The Balaban J connectivity index is 2.26. The van der Waals surface area contributed by atoms with Gasteiger partial charge < -0.3 is 10.5 Å². The van der Waals surface area contributed by atoms with E-state index in [1.807, 2.05) is 13.8 Å². The lowest BCUT2D eigenvalue weighted by molar-refractivity contribution is -0.154. The van der Waals surface area contributed by atoms with E-state index in [-0.39, 0.29) is 18.0 Å². The van der Waals surface area contributed by atoms with E-state index in [0.29, 0.717) is 6.04 Å². The molecular weight excluding hydrogens is 166 g/mol. The normalized spacial score (nSPS) is 28.9. The van der Waals surface area contributed by atoms with Gasteiger partial charge in [-0.25, -0.2) is 0 Å². The van der Waals surface area contributed by atoms with Crippen LogP contribution in [0.15, 0.2) is 0 Å². The second-order valence-electron chi connectivity index (χ2n) is 4.13. The minimum absolute atomic E-state index is 0.0180. The van der Waals surface area contributed by atoms with E-state index < -0.39 is 0 Å². The highest BCUT2D eigenvalue weighted by atomic mass is 16.5. The summed E-state index contributed by atoms with van der Waals surface area (Å²) in [6, 6.07) is 0.314. The van der Waals surface area contributed by atoms with E-state index in [1.54, 1.807) is 0 Å². The molecule has 1 aliphatic carbocycles. The zero-order valence-electron chi connectivity index (χ0n) is 8.45. The average molecular weight is 185 g/mol. The van der Waals surface area contributed by atoms with Crippen LogP contribution in [0, 0.1) is 5.92 Å². The third kappa shape index (κ3) is 3.35. The predicted octanol–water partition coefficient (Wildman–Crippen LogP) is 1.46. The van der Waals surface area contributed by atoms with Crippen molar-refractivity contribution in [3.63, 3.8) is 0 Å². The molecule has 0 amide bonds. The van der Waals surface area contributed by atoms with Gasteiger partial charge in [-0.1, -0.05) is 13.8 Å². The molecule has 3 nitrogen and oxygen atoms in total. The van der Waals surface area contributed by atoms with Gasteiger partial charge in [-0.2, -0.15) is 0 Å². The highest BCUT2D eigenvalue weighted by Crippen LogP contribution is 2.20. The fourth-order valence-electron chi connectivity index (χ4n) is 1.51. The maximum atomic E-state index is 11.2. The Hall–Kier alpha value is -0.570. The summed E-state index contributed by atoms with van der Waals surface area (Å²) in [4.78, 5) is 11.2. The van der Waals surface area contributed by atoms with E-state index in [4.69, 9.17) is 10.5 Å². The molecule has 13 heavy (non-hydrogen) atoms. The number of ether oxygens (including phenoxy) is 1. The van der Waals surface area contributed by atoms with E-state index in [2.05, 4.69) is 0 Å². The van der Waals surface area contributed by atoms with Gasteiger partial charge in [-0.3, -0.25) is 4.79 Å². The third-order valence-electron chi connectivity index (χ3n) is 2.47. The standard InChI is InChI=1S/C10H19NO2/c1-7(2)10(12)13-9-5-3-8(11)4-6-9/h7-9H,3-6,11H2,1-2H3. The van der Waals surface area contributed by atoms with Crippen LogP contribution < -0.4 is 5.73 Å². The second kappa shape index (κ2) is 4.61. The van der Waals surface area contributed by atoms with Crippen LogP contribution in [-0.4, -0.2) is 18.1 Å². The van der Waals surface area contributed by atoms with Gasteiger partial charge in [0.05, 0.1) is 5.92 Å². The third-order valence-corrected chi connectivity index (χ3v) is 2.47. The highest BCUT2D eigenvalue weighted by molar-refractivity contribution is 5.71. The predicted molar refractivity (Wildman–Crippen MR) is 51.2 cm³/mol. The Morgan fingerprint density at radius 1 is 1.31 bits per heavy atom. The Morgan fingerprint density at radius 2 is 1.85 bits per heavy atom. The molecule has 2 N–H and O–H groups in total. The zero-order chi connectivity index (χ0) is 9.84. The summed E-state index contributed by atoms with van der Waals surface area (Å²) in [5.41, 5.74) is 5.75. The number of nitrogens with two attached hydrogens (primary N) is 1. The summed E-state index contributed by atoms with van der Waals surface area (Å²) in [6.07, 6.45) is 3.94. The first-order valence-corrected chi connectivity index (χ1v) is 5.05. The molecule has 1 saturated carbocycles. The van der Waals surface area contributed by atoms with Crippen molar-refractivity contribution in [1.29, 1.82) is 0 Å². The summed E-state index contributed by atoms with van der Waals surface area (Å²) >= 11 is 0. The highest BCUT2D eigenvalue weighted by Gasteiger charge is 2.22. The van der Waals surface area contributed by atoms with Crippen molar-refractivity contribution in [2.75, 3.05) is 0 Å². The Kier molecular flexibility index (Phi) is 3.72. The summed E-state index contributed by atoms with van der Waals surface area (Å²) < 4.78 is 5.31. The van der Waals surface area contributed by atoms with Gasteiger partial charge in [0.1, 0.15) is 6.10 Å². The molecule has 1 fully saturated rings. The van der Waals surface area contributed by atoms with Crippen molar-refractivity contribution < 1.29 is 9.53 Å². The van der Waals surface area contributed by atoms with Crippen molar-refractivity contribution in [1.82, 2.24) is 0 Å². The van der Waals surface area contributed by atoms with Gasteiger partial charge in [0.2, 0.25) is 0 Å². The van der Waals surface area contributed by atoms with Crippen molar-refractivity contribution in [3.05, 3.63) is 0 Å². The fourth-order valence-corrected chi connectivity index (χ4v) is 1.51. The molecule has 0 radical (unpaired) electrons. The molecule has 1 aliphatic rings. The Bertz CT molecular complexity index is 172. The molecule has 0 aliphatic heterocycles. The van der Waals surface area contributed by atoms with Crippen LogP contribution in [0.3, 0.4) is 0 Å². The van der Waals surface area contributed by atoms with Crippen LogP contribution in [0.2, 0.25) is 0 Å². The minimum atomic E-state index is -0.0829. The van der Waals surface area contributed by atoms with Crippen molar-refractivity contribution >= 4 is 5.97 Å². The van der Waals surface area contributed by atoms with Gasteiger partial charge in [0, 0.05) is 6.04 Å². The first kappa shape index (κ1) is 10.5. The molecule has 0 aromatic rings. The minimum Gasteiger partial charge on any atom is -0.462 e. The lowest BCUT2D eigenvalue weighted by atomic mass is 9.94. The molecule has 0 atom stereocenters. The van der Waals surface area contributed by atoms with Crippen LogP contribution >= 0.6 is 0 Å². The van der Waals surface area contributed by atoms with Crippen molar-refractivity contribution in [3.8, 4) is 0 Å². The van der Waals surface area contributed by atoms with Crippen LogP contribution in [-0.2, 0) is 9.53 Å². The summed E-state index contributed by atoms with van der Waals surface area (Å²) in [7, 11) is 0. The number of hydrogen-bond acceptors (Lipinski definition) is 3. The molecule has 0 saturated heterocycles. The van der Waals surface area contributed by atoms with Crippen LogP contribution in [0.25, 0.3) is 0 Å². The topological polar surface area (TPSA) is 52.3 Å². The molecule has 76 valence electrons. The molecular formula is C10H19NO2. The maximum absolute atomic E-state index is 11.2.